The van der Waals surface area contributed by atoms with Crippen molar-refractivity contribution in [1.82, 2.24) is 5.32 Å². The molecule has 0 heterocycles. The number of aliphatic hydroxyl groups is 1. The predicted molar refractivity (Wildman–Crippen MR) is 61.0 cm³/mol. The van der Waals surface area contributed by atoms with E-state index >= 15 is 0 Å². The highest BCUT2D eigenvalue weighted by atomic mass is 16.5. The monoisotopic (exact) mass is 219 g/mol. The van der Waals surface area contributed by atoms with Crippen LogP contribution in [0, 0.1) is 5.92 Å². The highest BCUT2D eigenvalue weighted by Gasteiger charge is 2.17. The van der Waals surface area contributed by atoms with Crippen molar-refractivity contribution >= 4 is 0 Å². The van der Waals surface area contributed by atoms with E-state index in [1.165, 1.54) is 0 Å². The van der Waals surface area contributed by atoms with Crippen LogP contribution in [-0.4, -0.2) is 51.2 Å². The van der Waals surface area contributed by atoms with Crippen LogP contribution in [0.4, 0.5) is 0 Å². The number of hydrogen-bond acceptors (Lipinski definition) is 4. The van der Waals surface area contributed by atoms with Crippen LogP contribution in [0.3, 0.4) is 0 Å². The Balaban J connectivity index is 4.06. The quantitative estimate of drug-likeness (QED) is 0.597. The molecule has 0 bridgehead atoms. The summed E-state index contributed by atoms with van der Waals surface area (Å²) in [6.07, 6.45) is 0.709. The maximum Gasteiger partial charge on any atom is 0.0618 e. The highest BCUT2D eigenvalue weighted by Crippen LogP contribution is 2.05. The second-order valence-corrected chi connectivity index (χ2v) is 4.14. The Morgan fingerprint density at radius 1 is 1.13 bits per heavy atom. The first-order valence-corrected chi connectivity index (χ1v) is 5.50. The lowest BCUT2D eigenvalue weighted by Crippen LogP contribution is -2.46. The van der Waals surface area contributed by atoms with Gasteiger partial charge in [-0.05, 0) is 12.3 Å². The molecule has 0 spiro atoms. The van der Waals surface area contributed by atoms with Gasteiger partial charge in [0.15, 0.2) is 0 Å². The van der Waals surface area contributed by atoms with E-state index in [0.717, 1.165) is 0 Å². The van der Waals surface area contributed by atoms with Crippen LogP contribution in [0.1, 0.15) is 20.3 Å². The molecule has 0 fully saturated rings. The number of rotatable bonds is 9. The molecule has 0 rings (SSSR count). The number of aliphatic hydroxyl groups excluding tert-OH is 1. The first kappa shape index (κ1) is 14.8. The van der Waals surface area contributed by atoms with Gasteiger partial charge < -0.3 is 19.9 Å². The lowest BCUT2D eigenvalue weighted by Gasteiger charge is -2.27. The molecule has 0 aromatic heterocycles. The Morgan fingerprint density at radius 3 is 2.13 bits per heavy atom. The standard InChI is InChI=1S/C11H25NO3/c1-9(2)11(8-15-4)12-10(5-6-13)7-14-3/h9-13H,5-8H2,1-4H3. The van der Waals surface area contributed by atoms with Crippen molar-refractivity contribution in [2.24, 2.45) is 5.92 Å². The number of methoxy groups -OCH3 is 2. The second kappa shape index (κ2) is 9.09. The molecule has 2 N–H and O–H groups in total. The van der Waals surface area contributed by atoms with Crippen molar-refractivity contribution < 1.29 is 14.6 Å². The largest absolute Gasteiger partial charge is 0.396 e. The molecule has 0 aliphatic rings. The lowest BCUT2D eigenvalue weighted by molar-refractivity contribution is 0.106. The van der Waals surface area contributed by atoms with E-state index in [2.05, 4.69) is 19.2 Å². The van der Waals surface area contributed by atoms with Gasteiger partial charge in [-0.15, -0.1) is 0 Å². The van der Waals surface area contributed by atoms with Crippen molar-refractivity contribution in [3.63, 3.8) is 0 Å². The maximum absolute atomic E-state index is 8.92. The van der Waals surface area contributed by atoms with Crippen LogP contribution in [0.25, 0.3) is 0 Å². The van der Waals surface area contributed by atoms with Crippen molar-refractivity contribution in [2.45, 2.75) is 32.4 Å². The zero-order valence-electron chi connectivity index (χ0n) is 10.3. The fourth-order valence-electron chi connectivity index (χ4n) is 1.49. The van der Waals surface area contributed by atoms with Crippen molar-refractivity contribution in [2.75, 3.05) is 34.0 Å². The van der Waals surface area contributed by atoms with Gasteiger partial charge in [0.05, 0.1) is 13.2 Å². The number of nitrogens with one attached hydrogen (secondary N) is 1. The highest BCUT2D eigenvalue weighted by molar-refractivity contribution is 4.76. The summed E-state index contributed by atoms with van der Waals surface area (Å²) < 4.78 is 10.3. The molecule has 0 amide bonds. The van der Waals surface area contributed by atoms with Crippen molar-refractivity contribution in [3.05, 3.63) is 0 Å². The van der Waals surface area contributed by atoms with Crippen molar-refractivity contribution in [3.8, 4) is 0 Å². The van der Waals surface area contributed by atoms with Gasteiger partial charge in [-0.25, -0.2) is 0 Å². The fraction of sp³-hybridized carbons (Fsp3) is 1.00. The van der Waals surface area contributed by atoms with Gasteiger partial charge in [0.25, 0.3) is 0 Å². The average Bonchev–Trinajstić information content (AvgIpc) is 2.17. The molecule has 0 radical (unpaired) electrons. The summed E-state index contributed by atoms with van der Waals surface area (Å²) in [5.74, 6) is 0.503. The van der Waals surface area contributed by atoms with Crippen LogP contribution in [0.15, 0.2) is 0 Å². The van der Waals surface area contributed by atoms with Crippen LogP contribution in [0.5, 0.6) is 0 Å². The summed E-state index contributed by atoms with van der Waals surface area (Å²) in [5.41, 5.74) is 0. The summed E-state index contributed by atoms with van der Waals surface area (Å²) in [7, 11) is 3.38. The molecule has 0 saturated carbocycles. The van der Waals surface area contributed by atoms with E-state index in [9.17, 15) is 0 Å². The van der Waals surface area contributed by atoms with Crippen molar-refractivity contribution in [1.29, 1.82) is 0 Å². The van der Waals surface area contributed by atoms with Crippen LogP contribution >= 0.6 is 0 Å². The molecule has 0 aromatic rings. The van der Waals surface area contributed by atoms with E-state index in [-0.39, 0.29) is 12.6 Å². The molecule has 4 nitrogen and oxygen atoms in total. The summed E-state index contributed by atoms with van der Waals surface area (Å²) >= 11 is 0. The van der Waals surface area contributed by atoms with E-state index in [4.69, 9.17) is 14.6 Å². The molecule has 2 unspecified atom stereocenters. The Morgan fingerprint density at radius 2 is 1.73 bits per heavy atom. The van der Waals surface area contributed by atoms with Crippen LogP contribution in [0.2, 0.25) is 0 Å². The van der Waals surface area contributed by atoms with E-state index in [1.54, 1.807) is 14.2 Å². The predicted octanol–water partition coefficient (Wildman–Crippen LogP) is 0.644. The first-order chi connectivity index (χ1) is 7.15. The fourth-order valence-corrected chi connectivity index (χ4v) is 1.49. The van der Waals surface area contributed by atoms with Gasteiger partial charge in [-0.3, -0.25) is 0 Å². The van der Waals surface area contributed by atoms with Gasteiger partial charge >= 0.3 is 0 Å². The third-order valence-corrected chi connectivity index (χ3v) is 2.45. The molecule has 2 atom stereocenters. The van der Waals surface area contributed by atoms with Gasteiger partial charge in [-0.2, -0.15) is 0 Å². The third kappa shape index (κ3) is 6.84. The molecule has 0 aliphatic heterocycles. The Bertz CT molecular complexity index is 136. The van der Waals surface area contributed by atoms with Crippen LogP contribution in [-0.2, 0) is 9.47 Å². The molecule has 15 heavy (non-hydrogen) atoms. The van der Waals surface area contributed by atoms with Gasteiger partial charge in [-0.1, -0.05) is 13.8 Å². The topological polar surface area (TPSA) is 50.7 Å². The molecule has 92 valence electrons. The third-order valence-electron chi connectivity index (χ3n) is 2.45. The minimum atomic E-state index is 0.179. The molecule has 0 aromatic carbocycles. The first-order valence-electron chi connectivity index (χ1n) is 5.50. The summed E-state index contributed by atoms with van der Waals surface area (Å²) in [5, 5.41) is 12.4. The Hall–Kier alpha value is -0.160. The average molecular weight is 219 g/mol. The van der Waals surface area contributed by atoms with E-state index in [0.29, 0.717) is 31.6 Å². The zero-order chi connectivity index (χ0) is 11.7. The van der Waals surface area contributed by atoms with E-state index in [1.807, 2.05) is 0 Å². The molecule has 0 saturated heterocycles. The summed E-state index contributed by atoms with van der Waals surface area (Å²) in [6.45, 7) is 5.79. The molecule has 4 heteroatoms. The SMILES string of the molecule is COCC(CCO)NC(COC)C(C)C. The zero-order valence-corrected chi connectivity index (χ0v) is 10.3. The van der Waals surface area contributed by atoms with Gasteiger partial charge in [0.2, 0.25) is 0 Å². The molecular weight excluding hydrogens is 194 g/mol. The molecule has 0 aliphatic carbocycles. The normalized spacial score (nSPS) is 15.6. The minimum Gasteiger partial charge on any atom is -0.396 e. The maximum atomic E-state index is 8.92. The van der Waals surface area contributed by atoms with Crippen LogP contribution < -0.4 is 5.32 Å². The molecular formula is C11H25NO3. The number of ether oxygens (including phenoxy) is 2. The van der Waals surface area contributed by atoms with Gasteiger partial charge in [0, 0.05) is 32.9 Å². The smallest absolute Gasteiger partial charge is 0.0618 e. The summed E-state index contributed by atoms with van der Waals surface area (Å²) in [6, 6.07) is 0.504. The Kier molecular flexibility index (Phi) is 9.00. The van der Waals surface area contributed by atoms with E-state index < -0.39 is 0 Å². The lowest BCUT2D eigenvalue weighted by atomic mass is 10.0. The minimum absolute atomic E-state index is 0.179. The van der Waals surface area contributed by atoms with Gasteiger partial charge in [0.1, 0.15) is 0 Å². The summed E-state index contributed by atoms with van der Waals surface area (Å²) in [4.78, 5) is 0. The number of hydrogen-bond donors (Lipinski definition) is 2. The second-order valence-electron chi connectivity index (χ2n) is 4.14. The Labute approximate surface area is 93.0 Å².